The van der Waals surface area contributed by atoms with Gasteiger partial charge in [-0.1, -0.05) is 62.2 Å². The number of carbonyl (C=O) groups is 4. The monoisotopic (exact) mass is 570 g/mol. The van der Waals surface area contributed by atoms with Gasteiger partial charge in [0.15, 0.2) is 17.6 Å². The number of aliphatic imine (C=N–C) groups is 1. The van der Waals surface area contributed by atoms with Crippen molar-refractivity contribution in [2.75, 3.05) is 14.2 Å². The second kappa shape index (κ2) is 13.2. The van der Waals surface area contributed by atoms with Crippen LogP contribution in [0.1, 0.15) is 61.0 Å². The molecule has 42 heavy (non-hydrogen) atoms. The zero-order chi connectivity index (χ0) is 30.4. The Hall–Kier alpha value is -4.79. The van der Waals surface area contributed by atoms with E-state index < -0.39 is 29.5 Å². The number of para-hydroxylation sites is 1. The summed E-state index contributed by atoms with van der Waals surface area (Å²) < 4.78 is 10.1. The Labute approximate surface area is 243 Å². The third-order valence-corrected chi connectivity index (χ3v) is 7.34. The van der Waals surface area contributed by atoms with Crippen LogP contribution in [-0.2, 0) is 30.3 Å². The Balaban J connectivity index is 1.90. The molecule has 3 aromatic rings. The molecule has 0 bridgehead atoms. The van der Waals surface area contributed by atoms with Gasteiger partial charge in [-0.3, -0.25) is 14.6 Å². The number of carbonyl (C=O) groups excluding carboxylic acids is 4. The third kappa shape index (κ3) is 5.95. The molecular formula is C33H34N2O7. The topological polar surface area (TPSA) is 135 Å². The predicted molar refractivity (Wildman–Crippen MR) is 159 cm³/mol. The molecule has 0 spiro atoms. The summed E-state index contributed by atoms with van der Waals surface area (Å²) in [6.07, 6.45) is 4.18. The van der Waals surface area contributed by atoms with Gasteiger partial charge in [-0.05, 0) is 25.0 Å². The lowest BCUT2D eigenvalue weighted by Crippen LogP contribution is -2.29. The number of allylic oxidation sites excluding steroid dienone is 2. The average Bonchev–Trinajstić information content (AvgIpc) is 3.41. The lowest BCUT2D eigenvalue weighted by atomic mass is 9.79. The first-order valence-electron chi connectivity index (χ1n) is 13.8. The van der Waals surface area contributed by atoms with E-state index in [2.05, 4.69) is 9.98 Å². The minimum atomic E-state index is -1.08. The van der Waals surface area contributed by atoms with Crippen molar-refractivity contribution in [2.24, 2.45) is 4.99 Å². The SMILES string of the molecule is CCCCCC(=O)C1=C(O)c2ccccc2C(=O)/C1=C(/C(=O)OC)C(C)=NC(Cc1c[nH]c2ccccc12)C(=O)OC. The largest absolute Gasteiger partial charge is 0.507 e. The number of aromatic amines is 1. The molecule has 1 aliphatic rings. The Morgan fingerprint density at radius 2 is 1.67 bits per heavy atom. The van der Waals surface area contributed by atoms with Crippen molar-refractivity contribution in [1.29, 1.82) is 0 Å². The number of benzene rings is 2. The Morgan fingerprint density at radius 1 is 0.976 bits per heavy atom. The number of rotatable bonds is 11. The van der Waals surface area contributed by atoms with Crippen molar-refractivity contribution in [3.63, 3.8) is 0 Å². The van der Waals surface area contributed by atoms with Crippen molar-refractivity contribution in [2.45, 2.75) is 52.0 Å². The number of aliphatic hydroxyl groups is 1. The molecule has 0 amide bonds. The van der Waals surface area contributed by atoms with Gasteiger partial charge in [0.2, 0.25) is 0 Å². The van der Waals surface area contributed by atoms with E-state index in [1.54, 1.807) is 24.4 Å². The number of nitrogens with one attached hydrogen (secondary N) is 1. The zero-order valence-electron chi connectivity index (χ0n) is 24.2. The molecule has 9 nitrogen and oxygen atoms in total. The standard InChI is InChI=1S/C33H34N2O7/c1-5-6-7-16-26(36)28-29(31(38)23-14-9-8-13-22(23)30(28)37)27(33(40)42-4)19(2)35-25(32(39)41-3)17-20-18-34-24-15-11-10-12-21(20)24/h8-15,18,25,34,37H,5-7,16-17H2,1-4H3/b29-27+,35-19?. The summed E-state index contributed by atoms with van der Waals surface area (Å²) in [4.78, 5) is 61.4. The summed E-state index contributed by atoms with van der Waals surface area (Å²) in [5.41, 5.74) is 1.17. The van der Waals surface area contributed by atoms with E-state index in [9.17, 15) is 24.3 Å². The molecule has 1 unspecified atom stereocenters. The smallest absolute Gasteiger partial charge is 0.340 e. The molecule has 9 heteroatoms. The third-order valence-electron chi connectivity index (χ3n) is 7.34. The van der Waals surface area contributed by atoms with Crippen LogP contribution in [0, 0.1) is 0 Å². The van der Waals surface area contributed by atoms with E-state index >= 15 is 0 Å². The van der Waals surface area contributed by atoms with Crippen LogP contribution in [0.25, 0.3) is 16.7 Å². The number of esters is 2. The number of nitrogens with zero attached hydrogens (tertiary/aromatic N) is 1. The van der Waals surface area contributed by atoms with Crippen molar-refractivity contribution in [3.8, 4) is 0 Å². The summed E-state index contributed by atoms with van der Waals surface area (Å²) in [7, 11) is 2.39. The number of methoxy groups -OCH3 is 2. The molecule has 2 aromatic carbocycles. The van der Waals surface area contributed by atoms with Gasteiger partial charge in [0.25, 0.3) is 0 Å². The Morgan fingerprint density at radius 3 is 2.36 bits per heavy atom. The second-order valence-electron chi connectivity index (χ2n) is 10.0. The highest BCUT2D eigenvalue weighted by atomic mass is 16.5. The van der Waals surface area contributed by atoms with Gasteiger partial charge in [-0.2, -0.15) is 0 Å². The number of hydrogen-bond acceptors (Lipinski definition) is 8. The minimum absolute atomic E-state index is 0.00789. The van der Waals surface area contributed by atoms with E-state index in [0.717, 1.165) is 36.4 Å². The highest BCUT2D eigenvalue weighted by Gasteiger charge is 2.38. The first kappa shape index (κ1) is 30.2. The first-order valence-corrected chi connectivity index (χ1v) is 13.8. The molecular weight excluding hydrogens is 536 g/mol. The maximum atomic E-state index is 13.9. The van der Waals surface area contributed by atoms with Crippen molar-refractivity contribution in [1.82, 2.24) is 4.98 Å². The molecule has 1 atom stereocenters. The quantitative estimate of drug-likeness (QED) is 0.135. The predicted octanol–water partition coefficient (Wildman–Crippen LogP) is 5.50. The van der Waals surface area contributed by atoms with Gasteiger partial charge in [0.05, 0.1) is 30.9 Å². The summed E-state index contributed by atoms with van der Waals surface area (Å²) >= 11 is 0. The number of ether oxygens (including phenoxy) is 2. The molecule has 2 N–H and O–H groups in total. The fraction of sp³-hybridized carbons (Fsp3) is 0.303. The van der Waals surface area contributed by atoms with Gasteiger partial charge in [0.1, 0.15) is 5.76 Å². The van der Waals surface area contributed by atoms with E-state index in [-0.39, 0.29) is 52.2 Å². The minimum Gasteiger partial charge on any atom is -0.507 e. The zero-order valence-corrected chi connectivity index (χ0v) is 24.2. The number of H-pyrrole nitrogens is 1. The number of unbranched alkanes of at least 4 members (excludes halogenated alkanes) is 2. The number of ketones is 2. The number of aliphatic hydroxyl groups excluding tert-OH is 1. The summed E-state index contributed by atoms with van der Waals surface area (Å²) in [5.74, 6) is -3.07. The van der Waals surface area contributed by atoms with Gasteiger partial charge in [0, 0.05) is 46.8 Å². The lowest BCUT2D eigenvalue weighted by molar-refractivity contribution is -0.142. The van der Waals surface area contributed by atoms with Crippen LogP contribution in [0.4, 0.5) is 0 Å². The highest BCUT2D eigenvalue weighted by molar-refractivity contribution is 6.33. The van der Waals surface area contributed by atoms with Gasteiger partial charge in [-0.25, -0.2) is 9.59 Å². The number of fused-ring (bicyclic) bond motifs is 2. The molecule has 1 heterocycles. The first-order chi connectivity index (χ1) is 20.2. The van der Waals surface area contributed by atoms with Crippen molar-refractivity contribution in [3.05, 3.63) is 88.1 Å². The van der Waals surface area contributed by atoms with E-state index in [1.807, 2.05) is 31.2 Å². The van der Waals surface area contributed by atoms with Gasteiger partial charge >= 0.3 is 11.9 Å². The Bertz CT molecular complexity index is 1640. The summed E-state index contributed by atoms with van der Waals surface area (Å²) in [6, 6.07) is 12.8. The van der Waals surface area contributed by atoms with Crippen molar-refractivity contribution < 1.29 is 33.8 Å². The molecule has 0 radical (unpaired) electrons. The molecule has 0 saturated heterocycles. The Kier molecular flexibility index (Phi) is 9.52. The van der Waals surface area contributed by atoms with Crippen LogP contribution in [-0.4, -0.2) is 59.6 Å². The molecule has 0 saturated carbocycles. The fourth-order valence-corrected chi connectivity index (χ4v) is 5.22. The maximum Gasteiger partial charge on any atom is 0.340 e. The van der Waals surface area contributed by atoms with Crippen molar-refractivity contribution >= 4 is 45.9 Å². The van der Waals surface area contributed by atoms with Gasteiger partial charge < -0.3 is 19.6 Å². The molecule has 1 aliphatic carbocycles. The molecule has 4 rings (SSSR count). The fourth-order valence-electron chi connectivity index (χ4n) is 5.22. The molecule has 0 aliphatic heterocycles. The second-order valence-corrected chi connectivity index (χ2v) is 10.0. The number of hydrogen-bond donors (Lipinski definition) is 2. The van der Waals surface area contributed by atoms with Crippen LogP contribution in [0.5, 0.6) is 0 Å². The van der Waals surface area contributed by atoms with E-state index in [4.69, 9.17) is 9.47 Å². The molecule has 0 fully saturated rings. The van der Waals surface area contributed by atoms with E-state index in [1.165, 1.54) is 20.1 Å². The van der Waals surface area contributed by atoms with Crippen LogP contribution < -0.4 is 0 Å². The molecule has 218 valence electrons. The maximum absolute atomic E-state index is 13.9. The molecule has 1 aromatic heterocycles. The van der Waals surface area contributed by atoms with Crippen LogP contribution in [0.2, 0.25) is 0 Å². The number of Topliss-reactive ketones (excluding diaryl/α,β-unsaturated/α-hetero) is 2. The summed E-state index contributed by atoms with van der Waals surface area (Å²) in [6.45, 7) is 3.46. The number of aromatic nitrogens is 1. The normalized spacial score (nSPS) is 15.3. The van der Waals surface area contributed by atoms with Crippen LogP contribution >= 0.6 is 0 Å². The highest BCUT2D eigenvalue weighted by Crippen LogP contribution is 2.37. The van der Waals surface area contributed by atoms with Gasteiger partial charge in [-0.15, -0.1) is 0 Å². The summed E-state index contributed by atoms with van der Waals surface area (Å²) in [5, 5.41) is 12.2. The van der Waals surface area contributed by atoms with E-state index in [0.29, 0.717) is 6.42 Å². The lowest BCUT2D eigenvalue weighted by Gasteiger charge is -2.23. The van der Waals surface area contributed by atoms with Crippen LogP contribution in [0.3, 0.4) is 0 Å². The average molecular weight is 571 g/mol. The van der Waals surface area contributed by atoms with Crippen LogP contribution in [0.15, 0.2) is 76.4 Å².